The number of dihydropyridines is 1. The Bertz CT molecular complexity index is 835. The summed E-state index contributed by atoms with van der Waals surface area (Å²) in [6, 6.07) is 11.5. The van der Waals surface area contributed by atoms with Gasteiger partial charge in [0, 0.05) is 19.3 Å². The van der Waals surface area contributed by atoms with Gasteiger partial charge in [-0.2, -0.15) is 0 Å². The van der Waals surface area contributed by atoms with Crippen LogP contribution in [-0.2, 0) is 6.42 Å². The first-order chi connectivity index (χ1) is 11.7. The molecule has 24 heavy (non-hydrogen) atoms. The lowest BCUT2D eigenvalue weighted by Gasteiger charge is -2.10. The van der Waals surface area contributed by atoms with E-state index in [1.165, 1.54) is 0 Å². The molecule has 0 radical (unpaired) electrons. The van der Waals surface area contributed by atoms with Gasteiger partial charge in [-0.25, -0.2) is 0 Å². The largest absolute Gasteiger partial charge is 0.387 e. The smallest absolute Gasteiger partial charge is 0.260 e. The molecule has 5 heteroatoms. The van der Waals surface area contributed by atoms with Gasteiger partial charge in [0.15, 0.2) is 0 Å². The van der Waals surface area contributed by atoms with Gasteiger partial charge in [0.1, 0.15) is 5.56 Å². The van der Waals surface area contributed by atoms with Gasteiger partial charge in [-0.3, -0.25) is 9.59 Å². The molecule has 1 aromatic heterocycles. The van der Waals surface area contributed by atoms with Gasteiger partial charge in [0.2, 0.25) is 0 Å². The minimum Gasteiger partial charge on any atom is -0.387 e. The highest BCUT2D eigenvalue weighted by Gasteiger charge is 2.12. The van der Waals surface area contributed by atoms with Crippen molar-refractivity contribution in [1.82, 2.24) is 15.6 Å². The standard InChI is InChI=1S/C19H19N3O2/c23-18(21-11-6-14-4-2-1-3-5-14)17-12-16(13-22-19(17)24)15-7-9-20-10-8-15/h1-5,7-9,12-13,20H,6,10-11H2,(H,21,23)(H,22,24). The summed E-state index contributed by atoms with van der Waals surface area (Å²) < 4.78 is 0. The second-order valence-corrected chi connectivity index (χ2v) is 5.52. The molecule has 0 unspecified atom stereocenters. The van der Waals surface area contributed by atoms with Crippen molar-refractivity contribution in [1.29, 1.82) is 0 Å². The highest BCUT2D eigenvalue weighted by atomic mass is 16.2. The van der Waals surface area contributed by atoms with E-state index in [0.29, 0.717) is 6.54 Å². The van der Waals surface area contributed by atoms with Gasteiger partial charge in [-0.1, -0.05) is 36.4 Å². The molecule has 5 nitrogen and oxygen atoms in total. The number of benzene rings is 1. The molecule has 1 aliphatic heterocycles. The highest BCUT2D eigenvalue weighted by Crippen LogP contribution is 2.16. The molecule has 1 amide bonds. The summed E-state index contributed by atoms with van der Waals surface area (Å²) >= 11 is 0. The van der Waals surface area contributed by atoms with Gasteiger partial charge in [-0.15, -0.1) is 0 Å². The summed E-state index contributed by atoms with van der Waals surface area (Å²) in [5.74, 6) is -0.354. The fourth-order valence-corrected chi connectivity index (χ4v) is 2.55. The van der Waals surface area contributed by atoms with Crippen LogP contribution in [-0.4, -0.2) is 24.0 Å². The lowest BCUT2D eigenvalue weighted by molar-refractivity contribution is 0.0952. The summed E-state index contributed by atoms with van der Waals surface area (Å²) in [5, 5.41) is 5.88. The number of pyridine rings is 1. The monoisotopic (exact) mass is 321 g/mol. The van der Waals surface area contributed by atoms with Crippen molar-refractivity contribution in [2.75, 3.05) is 13.1 Å². The molecule has 0 aliphatic carbocycles. The van der Waals surface area contributed by atoms with Gasteiger partial charge in [0.25, 0.3) is 11.5 Å². The molecule has 0 atom stereocenters. The van der Waals surface area contributed by atoms with E-state index < -0.39 is 0 Å². The summed E-state index contributed by atoms with van der Waals surface area (Å²) in [6.45, 7) is 1.21. The van der Waals surface area contributed by atoms with Crippen LogP contribution >= 0.6 is 0 Å². The van der Waals surface area contributed by atoms with Crippen molar-refractivity contribution >= 4 is 11.5 Å². The van der Waals surface area contributed by atoms with Crippen LogP contribution in [0.2, 0.25) is 0 Å². The van der Waals surface area contributed by atoms with Crippen LogP contribution in [0.25, 0.3) is 5.57 Å². The zero-order valence-electron chi connectivity index (χ0n) is 13.2. The Morgan fingerprint density at radius 3 is 2.79 bits per heavy atom. The number of aromatic amines is 1. The Morgan fingerprint density at radius 1 is 1.21 bits per heavy atom. The average Bonchev–Trinajstić information content (AvgIpc) is 2.63. The van der Waals surface area contributed by atoms with Crippen molar-refractivity contribution in [2.45, 2.75) is 6.42 Å². The first-order valence-electron chi connectivity index (χ1n) is 7.89. The van der Waals surface area contributed by atoms with Crippen LogP contribution in [0.5, 0.6) is 0 Å². The van der Waals surface area contributed by atoms with Crippen LogP contribution in [0, 0.1) is 0 Å². The third-order valence-corrected chi connectivity index (χ3v) is 3.84. The lowest BCUT2D eigenvalue weighted by atomic mass is 10.0. The molecule has 0 bridgehead atoms. The molecule has 3 rings (SSSR count). The molecule has 0 fully saturated rings. The van der Waals surface area contributed by atoms with Gasteiger partial charge >= 0.3 is 0 Å². The van der Waals surface area contributed by atoms with Gasteiger partial charge in [-0.05, 0) is 41.5 Å². The molecular formula is C19H19N3O2. The van der Waals surface area contributed by atoms with Crippen LogP contribution < -0.4 is 16.2 Å². The first kappa shape index (κ1) is 15.8. The average molecular weight is 321 g/mol. The topological polar surface area (TPSA) is 74.0 Å². The van der Waals surface area contributed by atoms with Crippen molar-refractivity contribution in [3.8, 4) is 0 Å². The Morgan fingerprint density at radius 2 is 2.04 bits per heavy atom. The molecule has 122 valence electrons. The Labute approximate surface area is 140 Å². The molecule has 0 spiro atoms. The minimum absolute atomic E-state index is 0.133. The molecule has 1 aromatic carbocycles. The number of allylic oxidation sites excluding steroid dienone is 2. The molecule has 2 heterocycles. The number of amides is 1. The third kappa shape index (κ3) is 3.81. The summed E-state index contributed by atoms with van der Waals surface area (Å²) in [6.07, 6.45) is 8.12. The maximum Gasteiger partial charge on any atom is 0.260 e. The molecule has 1 aliphatic rings. The fourth-order valence-electron chi connectivity index (χ4n) is 2.55. The second-order valence-electron chi connectivity index (χ2n) is 5.52. The van der Waals surface area contributed by atoms with Crippen LogP contribution in [0.4, 0.5) is 0 Å². The van der Waals surface area contributed by atoms with E-state index in [4.69, 9.17) is 0 Å². The van der Waals surface area contributed by atoms with Crippen LogP contribution in [0.3, 0.4) is 0 Å². The minimum atomic E-state index is -0.380. The summed E-state index contributed by atoms with van der Waals surface area (Å²) in [5.41, 5.74) is 2.69. The van der Waals surface area contributed by atoms with E-state index in [2.05, 4.69) is 15.6 Å². The van der Waals surface area contributed by atoms with Crippen molar-refractivity contribution in [2.24, 2.45) is 0 Å². The van der Waals surface area contributed by atoms with Gasteiger partial charge in [0.05, 0.1) is 0 Å². The van der Waals surface area contributed by atoms with E-state index in [0.717, 1.165) is 29.7 Å². The number of carbonyl (C=O) groups excluding carboxylic acids is 1. The van der Waals surface area contributed by atoms with Crippen molar-refractivity contribution in [3.63, 3.8) is 0 Å². The van der Waals surface area contributed by atoms with Crippen LogP contribution in [0.15, 0.2) is 65.7 Å². The predicted octanol–water partition coefficient (Wildman–Crippen LogP) is 1.85. The van der Waals surface area contributed by atoms with Crippen molar-refractivity contribution in [3.05, 3.63) is 88.0 Å². The quantitative estimate of drug-likeness (QED) is 0.787. The lowest BCUT2D eigenvalue weighted by Crippen LogP contribution is -2.31. The molecule has 0 saturated heterocycles. The predicted molar refractivity (Wildman–Crippen MR) is 94.7 cm³/mol. The zero-order chi connectivity index (χ0) is 16.8. The van der Waals surface area contributed by atoms with E-state index in [-0.39, 0.29) is 17.0 Å². The summed E-state index contributed by atoms with van der Waals surface area (Å²) in [4.78, 5) is 26.9. The van der Waals surface area contributed by atoms with Gasteiger partial charge < -0.3 is 15.6 Å². The number of aromatic nitrogens is 1. The SMILES string of the molecule is O=C(NCCc1ccccc1)c1cc(C2=CCNC=C2)c[nH]c1=O. The Hall–Kier alpha value is -3.08. The molecular weight excluding hydrogens is 302 g/mol. The van der Waals surface area contributed by atoms with E-state index in [9.17, 15) is 9.59 Å². The number of rotatable bonds is 5. The zero-order valence-corrected chi connectivity index (χ0v) is 13.2. The second kappa shape index (κ2) is 7.46. The maximum absolute atomic E-state index is 12.3. The molecule has 2 aromatic rings. The normalized spacial score (nSPS) is 13.1. The van der Waals surface area contributed by atoms with E-state index >= 15 is 0 Å². The van der Waals surface area contributed by atoms with E-state index in [1.807, 2.05) is 48.7 Å². The Kier molecular flexibility index (Phi) is 4.91. The van der Waals surface area contributed by atoms with Crippen molar-refractivity contribution < 1.29 is 4.79 Å². The Balaban J connectivity index is 1.69. The number of H-pyrrole nitrogens is 1. The number of hydrogen-bond donors (Lipinski definition) is 3. The number of hydrogen-bond acceptors (Lipinski definition) is 3. The number of carbonyl (C=O) groups is 1. The fraction of sp³-hybridized carbons (Fsp3) is 0.158. The maximum atomic E-state index is 12.3. The number of nitrogens with one attached hydrogen (secondary N) is 3. The van der Waals surface area contributed by atoms with E-state index in [1.54, 1.807) is 12.3 Å². The third-order valence-electron chi connectivity index (χ3n) is 3.84. The first-order valence-corrected chi connectivity index (χ1v) is 7.89. The highest BCUT2D eigenvalue weighted by molar-refractivity contribution is 5.95. The molecule has 0 saturated carbocycles. The van der Waals surface area contributed by atoms with Crippen LogP contribution in [0.1, 0.15) is 21.5 Å². The summed E-state index contributed by atoms with van der Waals surface area (Å²) in [7, 11) is 0. The molecule has 3 N–H and O–H groups in total.